The van der Waals surface area contributed by atoms with Crippen molar-refractivity contribution in [2.75, 3.05) is 11.9 Å². The molecule has 0 aliphatic carbocycles. The van der Waals surface area contributed by atoms with Crippen LogP contribution >= 0.6 is 0 Å². The van der Waals surface area contributed by atoms with Crippen LogP contribution in [-0.4, -0.2) is 31.2 Å². The number of nitrogens with zero attached hydrogens (tertiary/aromatic N) is 5. The Morgan fingerprint density at radius 3 is 2.78 bits per heavy atom. The normalized spacial score (nSPS) is 10.8. The van der Waals surface area contributed by atoms with Crippen molar-refractivity contribution in [3.8, 4) is 0 Å². The van der Waals surface area contributed by atoms with E-state index in [-0.39, 0.29) is 10.6 Å². The van der Waals surface area contributed by atoms with Crippen molar-refractivity contribution in [2.24, 2.45) is 0 Å². The molecule has 23 heavy (non-hydrogen) atoms. The Kier molecular flexibility index (Phi) is 4.41. The van der Waals surface area contributed by atoms with Crippen LogP contribution in [0, 0.1) is 10.1 Å². The first-order chi connectivity index (χ1) is 11.3. The predicted octanol–water partition coefficient (Wildman–Crippen LogP) is 2.63. The van der Waals surface area contributed by atoms with E-state index in [2.05, 4.69) is 20.5 Å². The number of rotatable bonds is 7. The average molecular weight is 312 g/mol. The molecule has 0 spiro atoms. The van der Waals surface area contributed by atoms with Crippen LogP contribution in [0.3, 0.4) is 0 Å². The number of hydrogen-bond acceptors (Lipinski definition) is 6. The molecule has 0 saturated carbocycles. The van der Waals surface area contributed by atoms with Gasteiger partial charge in [0, 0.05) is 25.4 Å². The van der Waals surface area contributed by atoms with Gasteiger partial charge in [-0.2, -0.15) is 0 Å². The van der Waals surface area contributed by atoms with Gasteiger partial charge in [-0.05, 0) is 31.0 Å². The lowest BCUT2D eigenvalue weighted by molar-refractivity contribution is -0.383. The second-order valence-corrected chi connectivity index (χ2v) is 5.12. The van der Waals surface area contributed by atoms with Gasteiger partial charge >= 0.3 is 0 Å². The van der Waals surface area contributed by atoms with E-state index in [1.807, 2.05) is 4.57 Å². The molecule has 2 heterocycles. The molecule has 0 atom stereocenters. The molecule has 3 aromatic rings. The number of nitrogens with one attached hydrogen (secondary N) is 1. The van der Waals surface area contributed by atoms with E-state index < -0.39 is 0 Å². The molecule has 0 unspecified atom stereocenters. The maximum Gasteiger partial charge on any atom is 0.278 e. The summed E-state index contributed by atoms with van der Waals surface area (Å²) >= 11 is 0. The minimum atomic E-state index is -0.382. The van der Waals surface area contributed by atoms with Gasteiger partial charge < -0.3 is 9.88 Å². The number of aromatic nitrogens is 4. The lowest BCUT2D eigenvalue weighted by Crippen LogP contribution is -2.05. The molecule has 8 nitrogen and oxygen atoms in total. The van der Waals surface area contributed by atoms with Gasteiger partial charge in [0.05, 0.1) is 16.0 Å². The molecule has 0 saturated heterocycles. The number of non-ortho nitro benzene ring substituents is 1. The zero-order chi connectivity index (χ0) is 16.1. The van der Waals surface area contributed by atoms with E-state index in [9.17, 15) is 10.1 Å². The molecule has 0 radical (unpaired) electrons. The van der Waals surface area contributed by atoms with Crippen LogP contribution < -0.4 is 5.32 Å². The van der Waals surface area contributed by atoms with E-state index in [4.69, 9.17) is 0 Å². The summed E-state index contributed by atoms with van der Waals surface area (Å²) in [6.07, 6.45) is 6.98. The number of fused-ring (bicyclic) bond motifs is 1. The van der Waals surface area contributed by atoms with Crippen molar-refractivity contribution in [2.45, 2.75) is 19.4 Å². The lowest BCUT2D eigenvalue weighted by atomic mass is 10.1. The average Bonchev–Trinajstić information content (AvgIpc) is 3.07. The van der Waals surface area contributed by atoms with Crippen molar-refractivity contribution in [1.29, 1.82) is 0 Å². The number of benzene rings is 1. The highest BCUT2D eigenvalue weighted by Gasteiger charge is 2.14. The summed E-state index contributed by atoms with van der Waals surface area (Å²) in [6, 6.07) is 6.66. The van der Waals surface area contributed by atoms with Crippen LogP contribution in [-0.2, 0) is 6.54 Å². The first-order valence-corrected chi connectivity index (χ1v) is 7.34. The molecule has 3 rings (SSSR count). The van der Waals surface area contributed by atoms with E-state index in [0.29, 0.717) is 10.9 Å². The molecule has 0 aliphatic heterocycles. The standard InChI is InChI=1S/C15H16N6O2/c22-21(23)14-6-5-13(15-12(14)4-3-8-17-15)16-7-1-2-9-20-10-18-19-11-20/h3-6,8,10-11,16H,1-2,7,9H2. The summed E-state index contributed by atoms with van der Waals surface area (Å²) in [5.74, 6) is 0. The molecule has 0 fully saturated rings. The quantitative estimate of drug-likeness (QED) is 0.409. The van der Waals surface area contributed by atoms with Crippen molar-refractivity contribution in [3.05, 3.63) is 53.2 Å². The minimum Gasteiger partial charge on any atom is -0.383 e. The molecule has 2 aromatic heterocycles. The summed E-state index contributed by atoms with van der Waals surface area (Å²) < 4.78 is 1.93. The second kappa shape index (κ2) is 6.82. The van der Waals surface area contributed by atoms with Gasteiger partial charge in [-0.25, -0.2) is 0 Å². The number of nitro groups is 1. The Labute approximate surface area is 132 Å². The van der Waals surface area contributed by atoms with Crippen LogP contribution in [0.2, 0.25) is 0 Å². The monoisotopic (exact) mass is 312 g/mol. The number of nitro benzene ring substituents is 1. The molecular weight excluding hydrogens is 296 g/mol. The smallest absolute Gasteiger partial charge is 0.278 e. The van der Waals surface area contributed by atoms with E-state index in [1.165, 1.54) is 6.07 Å². The van der Waals surface area contributed by atoms with Gasteiger partial charge in [0.15, 0.2) is 0 Å². The Hall–Kier alpha value is -3.03. The Morgan fingerprint density at radius 2 is 2.00 bits per heavy atom. The van der Waals surface area contributed by atoms with Crippen LogP contribution in [0.1, 0.15) is 12.8 Å². The molecule has 1 aromatic carbocycles. The predicted molar refractivity (Wildman–Crippen MR) is 86.1 cm³/mol. The fraction of sp³-hybridized carbons (Fsp3) is 0.267. The van der Waals surface area contributed by atoms with Gasteiger partial charge in [-0.1, -0.05) is 0 Å². The largest absolute Gasteiger partial charge is 0.383 e. The number of anilines is 1. The van der Waals surface area contributed by atoms with Crippen molar-refractivity contribution in [1.82, 2.24) is 19.7 Å². The maximum atomic E-state index is 11.1. The zero-order valence-corrected chi connectivity index (χ0v) is 12.4. The Balaban J connectivity index is 1.64. The summed E-state index contributed by atoms with van der Waals surface area (Å²) in [4.78, 5) is 15.0. The summed E-state index contributed by atoms with van der Waals surface area (Å²) in [6.45, 7) is 1.64. The van der Waals surface area contributed by atoms with Gasteiger partial charge in [-0.15, -0.1) is 10.2 Å². The summed E-state index contributed by atoms with van der Waals surface area (Å²) in [7, 11) is 0. The van der Waals surface area contributed by atoms with Gasteiger partial charge in [0.2, 0.25) is 0 Å². The Morgan fingerprint density at radius 1 is 1.17 bits per heavy atom. The Bertz CT molecular complexity index is 803. The topological polar surface area (TPSA) is 98.8 Å². The number of pyridine rings is 1. The maximum absolute atomic E-state index is 11.1. The number of unbranched alkanes of at least 4 members (excludes halogenated alkanes) is 1. The first kappa shape index (κ1) is 14.9. The molecule has 0 amide bonds. The van der Waals surface area contributed by atoms with Gasteiger partial charge in [0.1, 0.15) is 18.2 Å². The molecule has 1 N–H and O–H groups in total. The van der Waals surface area contributed by atoms with Crippen molar-refractivity contribution < 1.29 is 4.92 Å². The second-order valence-electron chi connectivity index (χ2n) is 5.12. The van der Waals surface area contributed by atoms with Crippen LogP contribution in [0.4, 0.5) is 11.4 Å². The highest BCUT2D eigenvalue weighted by Crippen LogP contribution is 2.29. The fourth-order valence-electron chi connectivity index (χ4n) is 2.44. The van der Waals surface area contributed by atoms with Gasteiger partial charge in [-0.3, -0.25) is 15.1 Å². The van der Waals surface area contributed by atoms with Crippen LogP contribution in [0.25, 0.3) is 10.9 Å². The number of aryl methyl sites for hydroxylation is 1. The van der Waals surface area contributed by atoms with Crippen LogP contribution in [0.5, 0.6) is 0 Å². The molecule has 8 heteroatoms. The van der Waals surface area contributed by atoms with Crippen molar-refractivity contribution >= 4 is 22.3 Å². The van der Waals surface area contributed by atoms with E-state index in [0.717, 1.165) is 31.6 Å². The summed E-state index contributed by atoms with van der Waals surface area (Å²) in [5, 5.41) is 22.5. The third-order valence-corrected chi connectivity index (χ3v) is 3.57. The first-order valence-electron chi connectivity index (χ1n) is 7.34. The van der Waals surface area contributed by atoms with Crippen molar-refractivity contribution in [3.63, 3.8) is 0 Å². The summed E-state index contributed by atoms with van der Waals surface area (Å²) in [5.41, 5.74) is 1.52. The van der Waals surface area contributed by atoms with E-state index >= 15 is 0 Å². The minimum absolute atomic E-state index is 0.0752. The number of hydrogen-bond donors (Lipinski definition) is 1. The molecular formula is C15H16N6O2. The highest BCUT2D eigenvalue weighted by molar-refractivity contribution is 5.96. The SMILES string of the molecule is O=[N+]([O-])c1ccc(NCCCCn2cnnc2)c2ncccc12. The molecule has 0 aliphatic rings. The third-order valence-electron chi connectivity index (χ3n) is 3.57. The van der Waals surface area contributed by atoms with Crippen LogP contribution in [0.15, 0.2) is 43.1 Å². The molecule has 118 valence electrons. The molecule has 0 bridgehead atoms. The van der Waals surface area contributed by atoms with E-state index in [1.54, 1.807) is 37.1 Å². The fourth-order valence-corrected chi connectivity index (χ4v) is 2.44. The lowest BCUT2D eigenvalue weighted by Gasteiger charge is -2.09. The third kappa shape index (κ3) is 3.42. The van der Waals surface area contributed by atoms with Gasteiger partial charge in [0.25, 0.3) is 5.69 Å². The zero-order valence-electron chi connectivity index (χ0n) is 12.4. The highest BCUT2D eigenvalue weighted by atomic mass is 16.6.